The van der Waals surface area contributed by atoms with E-state index in [1.165, 1.54) is 5.56 Å². The molecule has 0 atom stereocenters. The summed E-state index contributed by atoms with van der Waals surface area (Å²) in [6.45, 7) is 6.18. The molecule has 0 fully saturated rings. The van der Waals surface area contributed by atoms with Gasteiger partial charge in [-0.1, -0.05) is 19.9 Å². The van der Waals surface area contributed by atoms with Crippen molar-refractivity contribution in [2.24, 2.45) is 0 Å². The van der Waals surface area contributed by atoms with E-state index >= 15 is 0 Å². The lowest BCUT2D eigenvalue weighted by Crippen LogP contribution is -2.13. The van der Waals surface area contributed by atoms with E-state index in [-0.39, 0.29) is 0 Å². The van der Waals surface area contributed by atoms with Gasteiger partial charge in [0.2, 0.25) is 0 Å². The lowest BCUT2D eigenvalue weighted by molar-refractivity contribution is 0.675. The monoisotopic (exact) mass is 248 g/mol. The minimum Gasteiger partial charge on any atom is -0.313 e. The van der Waals surface area contributed by atoms with Crippen LogP contribution in [0.25, 0.3) is 0 Å². The Morgan fingerprint density at radius 1 is 1.29 bits per heavy atom. The molecule has 0 heterocycles. The van der Waals surface area contributed by atoms with Gasteiger partial charge in [-0.3, -0.25) is 0 Å². The van der Waals surface area contributed by atoms with E-state index in [0.717, 1.165) is 42.1 Å². The molecule has 17 heavy (non-hydrogen) atoms. The van der Waals surface area contributed by atoms with Crippen LogP contribution in [0, 0.1) is 11.3 Å². The van der Waals surface area contributed by atoms with Crippen molar-refractivity contribution >= 4 is 11.8 Å². The van der Waals surface area contributed by atoms with Crippen LogP contribution in [0.3, 0.4) is 0 Å². The Morgan fingerprint density at radius 2 is 2.12 bits per heavy atom. The van der Waals surface area contributed by atoms with Gasteiger partial charge in [-0.15, -0.1) is 11.8 Å². The molecular weight excluding hydrogens is 228 g/mol. The fraction of sp³-hybridized carbons (Fsp3) is 0.500. The minimum absolute atomic E-state index is 0.805. The first-order valence-electron chi connectivity index (χ1n) is 6.18. The molecular formula is C14H20N2S. The van der Waals surface area contributed by atoms with Crippen LogP contribution in [0.5, 0.6) is 0 Å². The SMILES string of the molecule is CCCNCc1ccc(SCCC)c(C#N)c1. The zero-order chi connectivity index (χ0) is 12.5. The molecule has 0 aliphatic carbocycles. The summed E-state index contributed by atoms with van der Waals surface area (Å²) in [6, 6.07) is 8.47. The minimum atomic E-state index is 0.805. The number of hydrogen-bond donors (Lipinski definition) is 1. The normalized spacial score (nSPS) is 10.2. The highest BCUT2D eigenvalue weighted by molar-refractivity contribution is 7.99. The van der Waals surface area contributed by atoms with Gasteiger partial charge in [0.25, 0.3) is 0 Å². The number of nitriles is 1. The van der Waals surface area contributed by atoms with E-state index < -0.39 is 0 Å². The van der Waals surface area contributed by atoms with Gasteiger partial charge in [-0.05, 0) is 42.8 Å². The molecule has 1 rings (SSSR count). The Kier molecular flexibility index (Phi) is 6.76. The van der Waals surface area contributed by atoms with Gasteiger partial charge in [-0.2, -0.15) is 5.26 Å². The van der Waals surface area contributed by atoms with Crippen LogP contribution >= 0.6 is 11.8 Å². The van der Waals surface area contributed by atoms with Crippen molar-refractivity contribution in [2.75, 3.05) is 12.3 Å². The van der Waals surface area contributed by atoms with Gasteiger partial charge in [0.1, 0.15) is 6.07 Å². The summed E-state index contributed by atoms with van der Waals surface area (Å²) in [5.74, 6) is 1.07. The van der Waals surface area contributed by atoms with Crippen molar-refractivity contribution in [3.8, 4) is 6.07 Å². The van der Waals surface area contributed by atoms with Crippen molar-refractivity contribution in [3.63, 3.8) is 0 Å². The Hall–Kier alpha value is -0.980. The largest absolute Gasteiger partial charge is 0.313 e. The van der Waals surface area contributed by atoms with E-state index in [0.29, 0.717) is 0 Å². The number of hydrogen-bond acceptors (Lipinski definition) is 3. The average molecular weight is 248 g/mol. The highest BCUT2D eigenvalue weighted by atomic mass is 32.2. The lowest BCUT2D eigenvalue weighted by atomic mass is 10.1. The molecule has 92 valence electrons. The standard InChI is InChI=1S/C14H20N2S/c1-3-7-16-11-12-5-6-14(17-8-4-2)13(9-12)10-15/h5-6,9,16H,3-4,7-8,11H2,1-2H3. The van der Waals surface area contributed by atoms with Crippen LogP contribution in [-0.4, -0.2) is 12.3 Å². The summed E-state index contributed by atoms with van der Waals surface area (Å²) < 4.78 is 0. The molecule has 0 aliphatic rings. The van der Waals surface area contributed by atoms with Crippen molar-refractivity contribution < 1.29 is 0 Å². The van der Waals surface area contributed by atoms with Crippen LogP contribution in [0.15, 0.2) is 23.1 Å². The lowest BCUT2D eigenvalue weighted by Gasteiger charge is -2.07. The van der Waals surface area contributed by atoms with Gasteiger partial charge < -0.3 is 5.32 Å². The van der Waals surface area contributed by atoms with Crippen LogP contribution in [-0.2, 0) is 6.54 Å². The number of benzene rings is 1. The number of nitrogens with one attached hydrogen (secondary N) is 1. The molecule has 0 spiro atoms. The van der Waals surface area contributed by atoms with Gasteiger partial charge in [-0.25, -0.2) is 0 Å². The third kappa shape index (κ3) is 4.80. The molecule has 0 saturated carbocycles. The molecule has 0 aliphatic heterocycles. The number of rotatable bonds is 7. The molecule has 0 amide bonds. The van der Waals surface area contributed by atoms with Crippen LogP contribution in [0.4, 0.5) is 0 Å². The summed E-state index contributed by atoms with van der Waals surface area (Å²) in [5.41, 5.74) is 2.00. The summed E-state index contributed by atoms with van der Waals surface area (Å²) >= 11 is 1.77. The molecule has 2 nitrogen and oxygen atoms in total. The second kappa shape index (κ2) is 8.16. The maximum Gasteiger partial charge on any atom is 0.100 e. The third-order valence-corrected chi connectivity index (χ3v) is 3.66. The van der Waals surface area contributed by atoms with Crippen molar-refractivity contribution in [2.45, 2.75) is 38.1 Å². The van der Waals surface area contributed by atoms with Gasteiger partial charge in [0.15, 0.2) is 0 Å². The number of thioether (sulfide) groups is 1. The first-order chi connectivity index (χ1) is 8.31. The summed E-state index contributed by atoms with van der Waals surface area (Å²) in [7, 11) is 0. The highest BCUT2D eigenvalue weighted by Gasteiger charge is 2.03. The van der Waals surface area contributed by atoms with Crippen LogP contribution in [0.1, 0.15) is 37.8 Å². The predicted octanol–water partition coefficient (Wildman–Crippen LogP) is 3.56. The van der Waals surface area contributed by atoms with E-state index in [1.54, 1.807) is 11.8 Å². The van der Waals surface area contributed by atoms with Gasteiger partial charge >= 0.3 is 0 Å². The van der Waals surface area contributed by atoms with Gasteiger partial charge in [0.05, 0.1) is 5.56 Å². The second-order valence-corrected chi connectivity index (χ2v) is 5.10. The number of nitrogens with zero attached hydrogens (tertiary/aromatic N) is 1. The Balaban J connectivity index is 2.68. The summed E-state index contributed by atoms with van der Waals surface area (Å²) in [5, 5.41) is 12.5. The quantitative estimate of drug-likeness (QED) is 0.592. The molecule has 0 bridgehead atoms. The molecule has 0 unspecified atom stereocenters. The van der Waals surface area contributed by atoms with E-state index in [9.17, 15) is 0 Å². The smallest absolute Gasteiger partial charge is 0.100 e. The van der Waals surface area contributed by atoms with Crippen molar-refractivity contribution in [1.29, 1.82) is 5.26 Å². The first kappa shape index (κ1) is 14.1. The second-order valence-electron chi connectivity index (χ2n) is 3.97. The van der Waals surface area contributed by atoms with E-state index in [1.807, 2.05) is 6.07 Å². The van der Waals surface area contributed by atoms with E-state index in [4.69, 9.17) is 5.26 Å². The maximum atomic E-state index is 9.13. The Morgan fingerprint density at radius 3 is 2.76 bits per heavy atom. The Labute approximate surface area is 108 Å². The molecule has 1 aromatic rings. The molecule has 0 saturated heterocycles. The average Bonchev–Trinajstić information content (AvgIpc) is 2.37. The third-order valence-electron chi connectivity index (χ3n) is 2.38. The predicted molar refractivity (Wildman–Crippen MR) is 74.2 cm³/mol. The zero-order valence-electron chi connectivity index (χ0n) is 10.6. The van der Waals surface area contributed by atoms with Gasteiger partial charge in [0, 0.05) is 11.4 Å². The molecule has 1 aromatic carbocycles. The van der Waals surface area contributed by atoms with Crippen molar-refractivity contribution in [1.82, 2.24) is 5.32 Å². The summed E-state index contributed by atoms with van der Waals surface area (Å²) in [4.78, 5) is 1.11. The van der Waals surface area contributed by atoms with Crippen molar-refractivity contribution in [3.05, 3.63) is 29.3 Å². The molecule has 3 heteroatoms. The highest BCUT2D eigenvalue weighted by Crippen LogP contribution is 2.23. The molecule has 1 N–H and O–H groups in total. The molecule has 0 radical (unpaired) electrons. The maximum absolute atomic E-state index is 9.13. The van der Waals surface area contributed by atoms with Crippen LogP contribution in [0.2, 0.25) is 0 Å². The Bertz CT molecular complexity index is 382. The van der Waals surface area contributed by atoms with E-state index in [2.05, 4.69) is 37.4 Å². The zero-order valence-corrected chi connectivity index (χ0v) is 11.4. The summed E-state index contributed by atoms with van der Waals surface area (Å²) in [6.07, 6.45) is 2.27. The fourth-order valence-electron chi connectivity index (χ4n) is 1.52. The topological polar surface area (TPSA) is 35.8 Å². The first-order valence-corrected chi connectivity index (χ1v) is 7.16. The fourth-order valence-corrected chi connectivity index (χ4v) is 2.37. The molecule has 0 aromatic heterocycles. The van der Waals surface area contributed by atoms with Crippen LogP contribution < -0.4 is 5.32 Å².